The van der Waals surface area contributed by atoms with Gasteiger partial charge in [-0.15, -0.1) is 11.3 Å². The molecule has 1 aromatic heterocycles. The lowest BCUT2D eigenvalue weighted by atomic mass is 10.1. The summed E-state index contributed by atoms with van der Waals surface area (Å²) < 4.78 is 0.602. The molecule has 1 saturated heterocycles. The van der Waals surface area contributed by atoms with E-state index in [2.05, 4.69) is 10.0 Å². The monoisotopic (exact) mass is 242 g/mol. The van der Waals surface area contributed by atoms with Gasteiger partial charge in [0.05, 0.1) is 15.3 Å². The molecule has 0 aromatic carbocycles. The lowest BCUT2D eigenvalue weighted by Gasteiger charge is -2.36. The minimum Gasteiger partial charge on any atom is -0.337 e. The van der Waals surface area contributed by atoms with Gasteiger partial charge in [-0.25, -0.2) is 0 Å². The number of hydrogen-bond acceptors (Lipinski definition) is 3. The maximum absolute atomic E-state index is 11.7. The Morgan fingerprint density at radius 1 is 1.67 bits per heavy atom. The van der Waals surface area contributed by atoms with E-state index in [0.717, 1.165) is 0 Å². The van der Waals surface area contributed by atoms with Crippen LogP contribution in [0.4, 0.5) is 0 Å². The van der Waals surface area contributed by atoms with Gasteiger partial charge in [0.1, 0.15) is 0 Å². The van der Waals surface area contributed by atoms with Crippen molar-refractivity contribution in [2.75, 3.05) is 13.1 Å². The van der Waals surface area contributed by atoms with Crippen molar-refractivity contribution in [3.63, 3.8) is 0 Å². The van der Waals surface area contributed by atoms with Crippen molar-refractivity contribution >= 4 is 28.8 Å². The standard InChI is InChI=1S/C8H7ClN4OS/c9-7-2-1-6(15-7)8(14)13-3-5(4-13)11-12-10/h1-2,5H,3-4H2. The smallest absolute Gasteiger partial charge is 0.263 e. The number of carbonyl (C=O) groups is 1. The number of hydrogen-bond donors (Lipinski definition) is 0. The van der Waals surface area contributed by atoms with Crippen LogP contribution in [0.15, 0.2) is 17.2 Å². The third-order valence-electron chi connectivity index (χ3n) is 2.15. The molecule has 0 bridgehead atoms. The number of halogens is 1. The van der Waals surface area contributed by atoms with E-state index in [1.807, 2.05) is 0 Å². The average Bonchev–Trinajstić information content (AvgIpc) is 2.56. The van der Waals surface area contributed by atoms with Crippen molar-refractivity contribution in [2.45, 2.75) is 6.04 Å². The van der Waals surface area contributed by atoms with Gasteiger partial charge in [-0.1, -0.05) is 16.7 Å². The summed E-state index contributed by atoms with van der Waals surface area (Å²) in [5.74, 6) is -0.0451. The second-order valence-electron chi connectivity index (χ2n) is 3.17. The van der Waals surface area contributed by atoms with Crippen LogP contribution in [0.25, 0.3) is 10.4 Å². The van der Waals surface area contributed by atoms with Crippen LogP contribution >= 0.6 is 22.9 Å². The zero-order chi connectivity index (χ0) is 10.8. The summed E-state index contributed by atoms with van der Waals surface area (Å²) in [6.45, 7) is 0.997. The van der Waals surface area contributed by atoms with Crippen molar-refractivity contribution in [2.24, 2.45) is 5.11 Å². The number of carbonyl (C=O) groups excluding carboxylic acids is 1. The number of likely N-dealkylation sites (tertiary alicyclic amines) is 1. The molecule has 15 heavy (non-hydrogen) atoms. The molecule has 1 fully saturated rings. The first-order chi connectivity index (χ1) is 7.20. The van der Waals surface area contributed by atoms with Gasteiger partial charge in [-0.3, -0.25) is 4.79 Å². The molecule has 2 heterocycles. The van der Waals surface area contributed by atoms with Crippen molar-refractivity contribution in [1.29, 1.82) is 0 Å². The summed E-state index contributed by atoms with van der Waals surface area (Å²) in [6, 6.07) is 3.33. The maximum Gasteiger partial charge on any atom is 0.263 e. The molecule has 0 atom stereocenters. The first kappa shape index (κ1) is 10.3. The molecule has 0 saturated carbocycles. The second-order valence-corrected chi connectivity index (χ2v) is 4.89. The highest BCUT2D eigenvalue weighted by molar-refractivity contribution is 7.17. The Bertz CT molecular complexity index is 434. The molecule has 0 unspecified atom stereocenters. The molecule has 5 nitrogen and oxygen atoms in total. The third-order valence-corrected chi connectivity index (χ3v) is 3.37. The largest absolute Gasteiger partial charge is 0.337 e. The van der Waals surface area contributed by atoms with Gasteiger partial charge < -0.3 is 4.90 Å². The normalized spacial score (nSPS) is 15.7. The fourth-order valence-corrected chi connectivity index (χ4v) is 2.36. The van der Waals surface area contributed by atoms with Crippen LogP contribution in [-0.2, 0) is 0 Å². The van der Waals surface area contributed by atoms with E-state index >= 15 is 0 Å². The molecule has 0 N–H and O–H groups in total. The van der Waals surface area contributed by atoms with Gasteiger partial charge in [-0.05, 0) is 17.7 Å². The van der Waals surface area contributed by atoms with E-state index in [0.29, 0.717) is 22.3 Å². The molecular weight excluding hydrogens is 236 g/mol. The Hall–Kier alpha value is -1.23. The summed E-state index contributed by atoms with van der Waals surface area (Å²) >= 11 is 6.99. The molecule has 1 aliphatic rings. The first-order valence-electron chi connectivity index (χ1n) is 4.29. The van der Waals surface area contributed by atoms with E-state index in [4.69, 9.17) is 17.1 Å². The quantitative estimate of drug-likeness (QED) is 0.446. The van der Waals surface area contributed by atoms with Gasteiger partial charge >= 0.3 is 0 Å². The Balaban J connectivity index is 1.97. The van der Waals surface area contributed by atoms with E-state index in [1.54, 1.807) is 17.0 Å². The number of thiophene rings is 1. The number of amides is 1. The highest BCUT2D eigenvalue weighted by Gasteiger charge is 2.30. The molecule has 1 amide bonds. The number of azide groups is 1. The van der Waals surface area contributed by atoms with Gasteiger partial charge in [-0.2, -0.15) is 0 Å². The highest BCUT2D eigenvalue weighted by Crippen LogP contribution is 2.24. The summed E-state index contributed by atoms with van der Waals surface area (Å²) in [4.78, 5) is 16.7. The van der Waals surface area contributed by atoms with E-state index < -0.39 is 0 Å². The molecule has 1 aromatic rings. The molecule has 78 valence electrons. The highest BCUT2D eigenvalue weighted by atomic mass is 35.5. The minimum atomic E-state index is -0.0746. The summed E-state index contributed by atoms with van der Waals surface area (Å²) in [5, 5.41) is 3.53. The lowest BCUT2D eigenvalue weighted by molar-refractivity contribution is 0.0614. The molecule has 0 aliphatic carbocycles. The maximum atomic E-state index is 11.7. The van der Waals surface area contributed by atoms with Crippen molar-refractivity contribution in [3.8, 4) is 0 Å². The Morgan fingerprint density at radius 2 is 2.40 bits per heavy atom. The topological polar surface area (TPSA) is 69.1 Å². The fourth-order valence-electron chi connectivity index (χ4n) is 1.35. The van der Waals surface area contributed by atoms with E-state index in [1.165, 1.54) is 11.3 Å². The average molecular weight is 243 g/mol. The van der Waals surface area contributed by atoms with E-state index in [9.17, 15) is 4.79 Å². The zero-order valence-corrected chi connectivity index (χ0v) is 9.20. The van der Waals surface area contributed by atoms with Crippen LogP contribution in [-0.4, -0.2) is 29.9 Å². The number of nitrogens with zero attached hydrogens (tertiary/aromatic N) is 4. The van der Waals surface area contributed by atoms with Crippen molar-refractivity contribution in [1.82, 2.24) is 4.90 Å². The van der Waals surface area contributed by atoms with Gasteiger partial charge in [0.2, 0.25) is 0 Å². The van der Waals surface area contributed by atoms with Gasteiger partial charge in [0, 0.05) is 18.0 Å². The Morgan fingerprint density at radius 3 is 2.93 bits per heavy atom. The van der Waals surface area contributed by atoms with Crippen LogP contribution < -0.4 is 0 Å². The summed E-state index contributed by atoms with van der Waals surface area (Å²) in [6.07, 6.45) is 0. The van der Waals surface area contributed by atoms with Gasteiger partial charge in [0.25, 0.3) is 5.91 Å². The fraction of sp³-hybridized carbons (Fsp3) is 0.375. The van der Waals surface area contributed by atoms with Crippen molar-refractivity contribution < 1.29 is 4.79 Å². The second kappa shape index (κ2) is 4.10. The predicted molar refractivity (Wildman–Crippen MR) is 58.2 cm³/mol. The summed E-state index contributed by atoms with van der Waals surface area (Å²) in [5.41, 5.74) is 8.19. The lowest BCUT2D eigenvalue weighted by Crippen LogP contribution is -2.52. The molecule has 7 heteroatoms. The number of rotatable bonds is 2. The van der Waals surface area contributed by atoms with Crippen molar-refractivity contribution in [3.05, 3.63) is 31.8 Å². The van der Waals surface area contributed by atoms with Crippen LogP contribution in [0.1, 0.15) is 9.67 Å². The molecular formula is C8H7ClN4OS. The summed E-state index contributed by atoms with van der Waals surface area (Å²) in [7, 11) is 0. The zero-order valence-electron chi connectivity index (χ0n) is 7.63. The van der Waals surface area contributed by atoms with Gasteiger partial charge in [0.15, 0.2) is 0 Å². The molecule has 2 rings (SSSR count). The molecule has 1 aliphatic heterocycles. The Labute approximate surface area is 94.9 Å². The van der Waals surface area contributed by atoms with Crippen LogP contribution in [0.2, 0.25) is 4.34 Å². The van der Waals surface area contributed by atoms with Crippen LogP contribution in [0, 0.1) is 0 Å². The molecule has 0 spiro atoms. The van der Waals surface area contributed by atoms with Crippen LogP contribution in [0.5, 0.6) is 0 Å². The minimum absolute atomic E-state index is 0.0451. The third kappa shape index (κ3) is 2.07. The first-order valence-corrected chi connectivity index (χ1v) is 5.49. The van der Waals surface area contributed by atoms with E-state index in [-0.39, 0.29) is 11.9 Å². The van der Waals surface area contributed by atoms with Crippen LogP contribution in [0.3, 0.4) is 0 Å². The molecule has 0 radical (unpaired) electrons. The SMILES string of the molecule is [N-]=[N+]=NC1CN(C(=O)c2ccc(Cl)s2)C1. The predicted octanol–water partition coefficient (Wildman–Crippen LogP) is 2.54. The Kier molecular flexibility index (Phi) is 2.81.